The molecule has 2 aromatic rings. The summed E-state index contributed by atoms with van der Waals surface area (Å²) in [6.45, 7) is 0. The summed E-state index contributed by atoms with van der Waals surface area (Å²) in [5.74, 6) is 0.138. The first-order valence-corrected chi connectivity index (χ1v) is 5.78. The summed E-state index contributed by atoms with van der Waals surface area (Å²) in [6, 6.07) is 16.5. The van der Waals surface area contributed by atoms with Crippen LogP contribution in [0.15, 0.2) is 60.7 Å². The third-order valence-electron chi connectivity index (χ3n) is 2.62. The maximum Gasteiger partial charge on any atom is 0.160 e. The molecule has 0 unspecified atom stereocenters. The van der Waals surface area contributed by atoms with Crippen LogP contribution >= 0.6 is 0 Å². The molecule has 2 rings (SSSR count). The number of benzene rings is 2. The minimum absolute atomic E-state index is 0.0275. The average Bonchev–Trinajstić information content (AvgIpc) is 2.40. The van der Waals surface area contributed by atoms with Gasteiger partial charge in [-0.2, -0.15) is 0 Å². The third kappa shape index (κ3) is 3.32. The number of hydrogen-bond donors (Lipinski definition) is 1. The standard InChI is InChI=1S/C16H14O2/c17-15(11-10-13-6-2-1-3-7-13)12-14-8-4-5-9-16(14)18/h1-11,18H,12H2/b11-10+. The molecule has 0 bridgehead atoms. The molecule has 1 N–H and O–H groups in total. The number of hydrogen-bond acceptors (Lipinski definition) is 2. The van der Waals surface area contributed by atoms with E-state index in [2.05, 4.69) is 0 Å². The number of phenols is 1. The number of ketones is 1. The summed E-state index contributed by atoms with van der Waals surface area (Å²) in [5.41, 5.74) is 1.64. The van der Waals surface area contributed by atoms with E-state index in [1.54, 1.807) is 30.4 Å². The molecular formula is C16H14O2. The SMILES string of the molecule is O=C(/C=C/c1ccccc1)Cc1ccccc1O. The zero-order valence-corrected chi connectivity index (χ0v) is 9.91. The largest absolute Gasteiger partial charge is 0.508 e. The lowest BCUT2D eigenvalue weighted by Crippen LogP contribution is -1.98. The van der Waals surface area contributed by atoms with Crippen molar-refractivity contribution in [1.82, 2.24) is 0 Å². The molecule has 0 amide bonds. The highest BCUT2D eigenvalue weighted by Crippen LogP contribution is 2.16. The minimum Gasteiger partial charge on any atom is -0.508 e. The molecule has 0 radical (unpaired) electrons. The number of para-hydroxylation sites is 1. The fourth-order valence-electron chi connectivity index (χ4n) is 1.66. The molecule has 0 saturated heterocycles. The quantitative estimate of drug-likeness (QED) is 0.830. The Morgan fingerprint density at radius 2 is 1.67 bits per heavy atom. The molecule has 18 heavy (non-hydrogen) atoms. The van der Waals surface area contributed by atoms with Crippen LogP contribution in [-0.4, -0.2) is 10.9 Å². The van der Waals surface area contributed by atoms with Gasteiger partial charge in [0.1, 0.15) is 5.75 Å². The third-order valence-corrected chi connectivity index (χ3v) is 2.62. The van der Waals surface area contributed by atoms with Crippen molar-refractivity contribution in [2.45, 2.75) is 6.42 Å². The van der Waals surface area contributed by atoms with Crippen LogP contribution in [0.5, 0.6) is 5.75 Å². The molecule has 2 nitrogen and oxygen atoms in total. The van der Waals surface area contributed by atoms with E-state index in [0.717, 1.165) is 5.56 Å². The highest BCUT2D eigenvalue weighted by molar-refractivity contribution is 5.95. The summed E-state index contributed by atoms with van der Waals surface area (Å²) >= 11 is 0. The van der Waals surface area contributed by atoms with E-state index in [0.29, 0.717) is 5.56 Å². The lowest BCUT2D eigenvalue weighted by Gasteiger charge is -2.00. The lowest BCUT2D eigenvalue weighted by molar-refractivity contribution is -0.114. The highest BCUT2D eigenvalue weighted by atomic mass is 16.3. The van der Waals surface area contributed by atoms with Crippen LogP contribution < -0.4 is 0 Å². The Bertz CT molecular complexity index is 556. The zero-order chi connectivity index (χ0) is 12.8. The lowest BCUT2D eigenvalue weighted by atomic mass is 10.1. The van der Waals surface area contributed by atoms with E-state index in [4.69, 9.17) is 0 Å². The Balaban J connectivity index is 2.02. The highest BCUT2D eigenvalue weighted by Gasteiger charge is 2.03. The van der Waals surface area contributed by atoms with Crippen LogP contribution in [0.4, 0.5) is 0 Å². The molecule has 0 fully saturated rings. The van der Waals surface area contributed by atoms with Crippen molar-refractivity contribution in [3.8, 4) is 5.75 Å². The summed E-state index contributed by atoms with van der Waals surface area (Å²) < 4.78 is 0. The first kappa shape index (κ1) is 12.1. The van der Waals surface area contributed by atoms with Crippen LogP contribution in [0.3, 0.4) is 0 Å². The van der Waals surface area contributed by atoms with E-state index < -0.39 is 0 Å². The van der Waals surface area contributed by atoms with Gasteiger partial charge in [-0.25, -0.2) is 0 Å². The molecule has 0 aliphatic heterocycles. The number of allylic oxidation sites excluding steroid dienone is 1. The van der Waals surface area contributed by atoms with E-state index in [1.807, 2.05) is 36.4 Å². The van der Waals surface area contributed by atoms with Crippen LogP contribution in [-0.2, 0) is 11.2 Å². The van der Waals surface area contributed by atoms with Crippen molar-refractivity contribution in [2.24, 2.45) is 0 Å². The van der Waals surface area contributed by atoms with Crippen molar-refractivity contribution in [1.29, 1.82) is 0 Å². The molecular weight excluding hydrogens is 224 g/mol. The van der Waals surface area contributed by atoms with Gasteiger partial charge in [0.05, 0.1) is 0 Å². The maximum atomic E-state index is 11.7. The van der Waals surface area contributed by atoms with Crippen LogP contribution in [0.1, 0.15) is 11.1 Å². The summed E-state index contributed by atoms with van der Waals surface area (Å²) in [6.07, 6.45) is 3.54. The zero-order valence-electron chi connectivity index (χ0n) is 9.91. The molecule has 0 atom stereocenters. The molecule has 0 aliphatic rings. The van der Waals surface area contributed by atoms with Crippen molar-refractivity contribution in [3.63, 3.8) is 0 Å². The Labute approximate surface area is 106 Å². The van der Waals surface area contributed by atoms with Gasteiger partial charge in [0.25, 0.3) is 0 Å². The van der Waals surface area contributed by atoms with Gasteiger partial charge >= 0.3 is 0 Å². The Hall–Kier alpha value is -2.35. The maximum absolute atomic E-state index is 11.7. The Morgan fingerprint density at radius 3 is 2.39 bits per heavy atom. The molecule has 0 saturated carbocycles. The van der Waals surface area contributed by atoms with E-state index in [-0.39, 0.29) is 18.0 Å². The Morgan fingerprint density at radius 1 is 1.00 bits per heavy atom. The predicted molar refractivity (Wildman–Crippen MR) is 72.3 cm³/mol. The van der Waals surface area contributed by atoms with E-state index >= 15 is 0 Å². The van der Waals surface area contributed by atoms with Gasteiger partial charge in [0.2, 0.25) is 0 Å². The molecule has 90 valence electrons. The molecule has 0 aliphatic carbocycles. The molecule has 0 spiro atoms. The summed E-state index contributed by atoms with van der Waals surface area (Å²) in [7, 11) is 0. The summed E-state index contributed by atoms with van der Waals surface area (Å²) in [4.78, 5) is 11.7. The molecule has 2 aromatic carbocycles. The van der Waals surface area contributed by atoms with Gasteiger partial charge in [0.15, 0.2) is 5.78 Å². The van der Waals surface area contributed by atoms with Crippen molar-refractivity contribution < 1.29 is 9.90 Å². The molecule has 0 heterocycles. The van der Waals surface area contributed by atoms with Crippen LogP contribution in [0.25, 0.3) is 6.08 Å². The number of aromatic hydroxyl groups is 1. The van der Waals surface area contributed by atoms with Gasteiger partial charge in [-0.15, -0.1) is 0 Å². The van der Waals surface area contributed by atoms with Crippen molar-refractivity contribution in [3.05, 3.63) is 71.8 Å². The monoisotopic (exact) mass is 238 g/mol. The molecule has 2 heteroatoms. The fourth-order valence-corrected chi connectivity index (χ4v) is 1.66. The van der Waals surface area contributed by atoms with Crippen molar-refractivity contribution >= 4 is 11.9 Å². The number of phenolic OH excluding ortho intramolecular Hbond substituents is 1. The van der Waals surface area contributed by atoms with Gasteiger partial charge in [-0.1, -0.05) is 54.6 Å². The second-order valence-corrected chi connectivity index (χ2v) is 4.02. The number of carbonyl (C=O) groups is 1. The fraction of sp³-hybridized carbons (Fsp3) is 0.0625. The van der Waals surface area contributed by atoms with Gasteiger partial charge < -0.3 is 5.11 Å². The number of carbonyl (C=O) groups excluding carboxylic acids is 1. The van der Waals surface area contributed by atoms with Gasteiger partial charge in [0, 0.05) is 12.0 Å². The van der Waals surface area contributed by atoms with E-state index in [1.165, 1.54) is 0 Å². The second-order valence-electron chi connectivity index (χ2n) is 4.02. The molecule has 0 aromatic heterocycles. The Kier molecular flexibility index (Phi) is 3.92. The topological polar surface area (TPSA) is 37.3 Å². The number of rotatable bonds is 4. The smallest absolute Gasteiger partial charge is 0.160 e. The average molecular weight is 238 g/mol. The van der Waals surface area contributed by atoms with Gasteiger partial charge in [-0.05, 0) is 17.7 Å². The predicted octanol–water partition coefficient (Wildman–Crippen LogP) is 3.22. The first-order chi connectivity index (χ1) is 8.75. The van der Waals surface area contributed by atoms with Crippen molar-refractivity contribution in [2.75, 3.05) is 0 Å². The minimum atomic E-state index is -0.0275. The first-order valence-electron chi connectivity index (χ1n) is 5.78. The second kappa shape index (κ2) is 5.82. The van der Waals surface area contributed by atoms with Crippen LogP contribution in [0.2, 0.25) is 0 Å². The van der Waals surface area contributed by atoms with Gasteiger partial charge in [-0.3, -0.25) is 4.79 Å². The van der Waals surface area contributed by atoms with E-state index in [9.17, 15) is 9.90 Å². The summed E-state index contributed by atoms with van der Waals surface area (Å²) in [5, 5.41) is 9.57. The normalized spacial score (nSPS) is 10.7. The van der Waals surface area contributed by atoms with Crippen LogP contribution in [0, 0.1) is 0 Å².